The molecule has 4 rings (SSSR count). The van der Waals surface area contributed by atoms with E-state index in [-0.39, 0.29) is 0 Å². The lowest BCUT2D eigenvalue weighted by Crippen LogP contribution is -2.17. The molecule has 0 amide bonds. The van der Waals surface area contributed by atoms with Crippen molar-refractivity contribution in [2.45, 2.75) is 18.3 Å². The Morgan fingerprint density at radius 3 is 2.79 bits per heavy atom. The van der Waals surface area contributed by atoms with Crippen molar-refractivity contribution in [3.8, 4) is 22.9 Å². The topological polar surface area (TPSA) is 69.2 Å². The van der Waals surface area contributed by atoms with E-state index in [1.54, 1.807) is 6.08 Å². The van der Waals surface area contributed by atoms with E-state index in [9.17, 15) is 0 Å². The van der Waals surface area contributed by atoms with Crippen LogP contribution < -0.4 is 14.8 Å². The molecule has 28 heavy (non-hydrogen) atoms. The SMILES string of the molecule is C=CCOc1ccc([C@H]2Nc3ccccc3-c3nnc(SCC)nc3O2)cc1. The van der Waals surface area contributed by atoms with E-state index in [4.69, 9.17) is 9.47 Å². The molecule has 0 fully saturated rings. The minimum atomic E-state index is -0.410. The zero-order chi connectivity index (χ0) is 19.3. The summed E-state index contributed by atoms with van der Waals surface area (Å²) in [7, 11) is 0. The van der Waals surface area contributed by atoms with E-state index >= 15 is 0 Å². The maximum Gasteiger partial charge on any atom is 0.247 e. The summed E-state index contributed by atoms with van der Waals surface area (Å²) < 4.78 is 11.8. The van der Waals surface area contributed by atoms with Gasteiger partial charge < -0.3 is 14.8 Å². The highest BCUT2D eigenvalue weighted by Crippen LogP contribution is 2.39. The average Bonchev–Trinajstić information content (AvgIpc) is 2.89. The number of thioether (sulfide) groups is 1. The summed E-state index contributed by atoms with van der Waals surface area (Å²) >= 11 is 1.53. The van der Waals surface area contributed by atoms with Crippen molar-refractivity contribution in [3.63, 3.8) is 0 Å². The summed E-state index contributed by atoms with van der Waals surface area (Å²) in [6.07, 6.45) is 1.31. The number of anilines is 1. The molecule has 1 aliphatic rings. The summed E-state index contributed by atoms with van der Waals surface area (Å²) in [4.78, 5) is 4.59. The number of hydrogen-bond acceptors (Lipinski definition) is 7. The molecule has 2 heterocycles. The Labute approximate surface area is 168 Å². The molecule has 6 nitrogen and oxygen atoms in total. The van der Waals surface area contributed by atoms with Gasteiger partial charge in [0.15, 0.2) is 11.9 Å². The van der Waals surface area contributed by atoms with Gasteiger partial charge in [-0.3, -0.25) is 0 Å². The molecule has 0 saturated carbocycles. The van der Waals surface area contributed by atoms with Gasteiger partial charge in [-0.15, -0.1) is 10.2 Å². The van der Waals surface area contributed by atoms with Gasteiger partial charge >= 0.3 is 0 Å². The molecule has 1 N–H and O–H groups in total. The lowest BCUT2D eigenvalue weighted by atomic mass is 10.1. The van der Waals surface area contributed by atoms with E-state index in [1.165, 1.54) is 11.8 Å². The molecular weight excluding hydrogens is 372 g/mol. The molecule has 142 valence electrons. The third kappa shape index (κ3) is 3.80. The number of aromatic nitrogens is 3. The van der Waals surface area contributed by atoms with E-state index < -0.39 is 6.23 Å². The van der Waals surface area contributed by atoms with E-state index in [0.29, 0.717) is 23.3 Å². The summed E-state index contributed by atoms with van der Waals surface area (Å²) in [5.74, 6) is 2.12. The molecule has 0 saturated heterocycles. The Balaban J connectivity index is 1.71. The zero-order valence-corrected chi connectivity index (χ0v) is 16.3. The summed E-state index contributed by atoms with van der Waals surface area (Å²) in [6, 6.07) is 15.7. The number of nitrogens with one attached hydrogen (secondary N) is 1. The molecule has 0 spiro atoms. The van der Waals surface area contributed by atoms with Gasteiger partial charge in [-0.25, -0.2) is 0 Å². The van der Waals surface area contributed by atoms with Crippen LogP contribution in [0.25, 0.3) is 11.3 Å². The summed E-state index contributed by atoms with van der Waals surface area (Å²) in [6.45, 7) is 6.19. The Morgan fingerprint density at radius 2 is 2.00 bits per heavy atom. The first-order valence-electron chi connectivity index (χ1n) is 9.02. The van der Waals surface area contributed by atoms with Crippen molar-refractivity contribution in [2.75, 3.05) is 17.7 Å². The lowest BCUT2D eigenvalue weighted by molar-refractivity contribution is 0.225. The van der Waals surface area contributed by atoms with Crippen LogP contribution in [-0.2, 0) is 0 Å². The Bertz CT molecular complexity index is 978. The fourth-order valence-electron chi connectivity index (χ4n) is 2.88. The second-order valence-corrected chi connectivity index (χ2v) is 7.27. The number of hydrogen-bond donors (Lipinski definition) is 1. The highest BCUT2D eigenvalue weighted by atomic mass is 32.2. The molecule has 0 bridgehead atoms. The second kappa shape index (κ2) is 8.31. The molecule has 3 aromatic rings. The molecule has 7 heteroatoms. The van der Waals surface area contributed by atoms with Crippen LogP contribution in [0.15, 0.2) is 66.3 Å². The quantitative estimate of drug-likeness (QED) is 0.481. The van der Waals surface area contributed by atoms with Crippen LogP contribution in [0.2, 0.25) is 0 Å². The van der Waals surface area contributed by atoms with E-state index in [2.05, 4.69) is 34.0 Å². The first kappa shape index (κ1) is 18.3. The predicted molar refractivity (Wildman–Crippen MR) is 111 cm³/mol. The Kier molecular flexibility index (Phi) is 5.43. The van der Waals surface area contributed by atoms with Crippen LogP contribution in [-0.4, -0.2) is 27.5 Å². The molecule has 0 unspecified atom stereocenters. The third-order valence-corrected chi connectivity index (χ3v) is 4.88. The number of nitrogens with zero attached hydrogens (tertiary/aromatic N) is 3. The van der Waals surface area contributed by atoms with Gasteiger partial charge in [0, 0.05) is 16.8 Å². The van der Waals surface area contributed by atoms with Crippen molar-refractivity contribution < 1.29 is 9.47 Å². The van der Waals surface area contributed by atoms with Crippen LogP contribution in [0.3, 0.4) is 0 Å². The molecule has 0 radical (unpaired) electrons. The maximum atomic E-state index is 6.24. The number of rotatable bonds is 6. The molecule has 1 aromatic heterocycles. The van der Waals surface area contributed by atoms with Crippen molar-refractivity contribution in [3.05, 3.63) is 66.7 Å². The standard InChI is InChI=1S/C21H20N4O2S/c1-3-13-26-15-11-9-14(10-12-15)19-22-17-8-6-5-7-16(17)18-20(27-19)23-21(25-24-18)28-4-2/h3,5-12,19,22H,1,4,13H2,2H3/t19-/m0/s1. The zero-order valence-electron chi connectivity index (χ0n) is 15.5. The van der Waals surface area contributed by atoms with E-state index in [0.717, 1.165) is 28.3 Å². The molecule has 2 aromatic carbocycles. The minimum absolute atomic E-state index is 0.410. The van der Waals surface area contributed by atoms with Crippen LogP contribution in [0.1, 0.15) is 18.7 Å². The molecule has 1 aliphatic heterocycles. The average molecular weight is 392 g/mol. The van der Waals surface area contributed by atoms with Crippen LogP contribution in [0.5, 0.6) is 11.6 Å². The predicted octanol–water partition coefficient (Wildman–Crippen LogP) is 4.72. The van der Waals surface area contributed by atoms with Crippen LogP contribution in [0, 0.1) is 0 Å². The fourth-order valence-corrected chi connectivity index (χ4v) is 3.39. The summed E-state index contributed by atoms with van der Waals surface area (Å²) in [5, 5.41) is 12.7. The maximum absolute atomic E-state index is 6.24. The van der Waals surface area contributed by atoms with Gasteiger partial charge in [0.2, 0.25) is 11.0 Å². The number of para-hydroxylation sites is 1. The van der Waals surface area contributed by atoms with Crippen molar-refractivity contribution in [2.24, 2.45) is 0 Å². The van der Waals surface area contributed by atoms with Gasteiger partial charge in [-0.1, -0.05) is 49.5 Å². The monoisotopic (exact) mass is 392 g/mol. The fraction of sp³-hybridized carbons (Fsp3) is 0.190. The largest absolute Gasteiger partial charge is 0.490 e. The molecular formula is C21H20N4O2S. The first-order chi connectivity index (χ1) is 13.8. The highest BCUT2D eigenvalue weighted by molar-refractivity contribution is 7.99. The smallest absolute Gasteiger partial charge is 0.247 e. The van der Waals surface area contributed by atoms with Gasteiger partial charge in [-0.05, 0) is 36.1 Å². The molecule has 1 atom stereocenters. The van der Waals surface area contributed by atoms with Crippen LogP contribution >= 0.6 is 11.8 Å². The normalized spacial score (nSPS) is 14.7. The Morgan fingerprint density at radius 1 is 1.18 bits per heavy atom. The van der Waals surface area contributed by atoms with Crippen molar-refractivity contribution in [1.29, 1.82) is 0 Å². The highest BCUT2D eigenvalue weighted by Gasteiger charge is 2.25. The summed E-state index contributed by atoms with van der Waals surface area (Å²) in [5.41, 5.74) is 3.43. The van der Waals surface area contributed by atoms with E-state index in [1.807, 2.05) is 48.5 Å². The van der Waals surface area contributed by atoms with Crippen molar-refractivity contribution >= 4 is 17.4 Å². The van der Waals surface area contributed by atoms with Crippen molar-refractivity contribution in [1.82, 2.24) is 15.2 Å². The number of ether oxygens (including phenoxy) is 2. The number of fused-ring (bicyclic) bond motifs is 3. The minimum Gasteiger partial charge on any atom is -0.490 e. The first-order valence-corrected chi connectivity index (χ1v) is 10.0. The lowest BCUT2D eigenvalue weighted by Gasteiger charge is -2.19. The number of benzene rings is 2. The van der Waals surface area contributed by atoms with Gasteiger partial charge in [-0.2, -0.15) is 4.98 Å². The van der Waals surface area contributed by atoms with Crippen LogP contribution in [0.4, 0.5) is 5.69 Å². The third-order valence-electron chi connectivity index (χ3n) is 4.16. The van der Waals surface area contributed by atoms with Gasteiger partial charge in [0.1, 0.15) is 12.4 Å². The Hall–Kier alpha value is -3.06. The van der Waals surface area contributed by atoms with Gasteiger partial charge in [0.25, 0.3) is 0 Å². The second-order valence-electron chi connectivity index (χ2n) is 6.04. The van der Waals surface area contributed by atoms with Gasteiger partial charge in [0.05, 0.1) is 0 Å². The molecule has 0 aliphatic carbocycles.